The number of carbonyl (C=O) groups is 3. The third kappa shape index (κ3) is 45.6. The Hall–Kier alpha value is -4.79. The summed E-state index contributed by atoms with van der Waals surface area (Å²) in [5.41, 5.74) is 0. The highest BCUT2D eigenvalue weighted by atomic mass is 16.3. The zero-order valence-electron chi connectivity index (χ0n) is 40.5. The van der Waals surface area contributed by atoms with E-state index in [1.165, 1.54) is 0 Å². The summed E-state index contributed by atoms with van der Waals surface area (Å²) in [6.45, 7) is 5.16. The molecule has 8 nitrogen and oxygen atoms in total. The smallest absolute Gasteiger partial charge is 0.242 e. The fourth-order valence-electron chi connectivity index (χ4n) is 6.17. The summed E-state index contributed by atoms with van der Waals surface area (Å²) in [5.74, 6) is -0.517. The lowest BCUT2D eigenvalue weighted by Crippen LogP contribution is -2.47. The van der Waals surface area contributed by atoms with Crippen molar-refractivity contribution in [2.45, 2.75) is 161 Å². The molecule has 0 aliphatic heterocycles. The zero-order chi connectivity index (χ0) is 47.4. The van der Waals surface area contributed by atoms with E-state index in [0.717, 1.165) is 89.9 Å². The van der Waals surface area contributed by atoms with Gasteiger partial charge in [0, 0.05) is 45.1 Å². The number of hydrogen-bond donors (Lipinski definition) is 5. The van der Waals surface area contributed by atoms with Gasteiger partial charge < -0.3 is 26.2 Å². The summed E-state index contributed by atoms with van der Waals surface area (Å²) in [6.07, 6.45) is 69.3. The average Bonchev–Trinajstić information content (AvgIpc) is 3.31. The van der Waals surface area contributed by atoms with E-state index in [9.17, 15) is 24.6 Å². The van der Waals surface area contributed by atoms with Crippen LogP contribution in [0.1, 0.15) is 155 Å². The van der Waals surface area contributed by atoms with Crippen LogP contribution in [-0.2, 0) is 14.4 Å². The number of carbonyl (C=O) groups excluding carboxylic acids is 3. The van der Waals surface area contributed by atoms with Crippen molar-refractivity contribution in [3.05, 3.63) is 146 Å². The molecule has 0 bridgehead atoms. The first-order valence-electron chi connectivity index (χ1n) is 24.8. The van der Waals surface area contributed by atoms with Gasteiger partial charge in [0.25, 0.3) is 0 Å². The molecule has 0 radical (unpaired) electrons. The second kappa shape index (κ2) is 50.2. The molecule has 65 heavy (non-hydrogen) atoms. The molecule has 8 heteroatoms. The fourth-order valence-corrected chi connectivity index (χ4v) is 6.17. The maximum absolute atomic E-state index is 13.1. The Bertz CT molecular complexity index is 1520. The van der Waals surface area contributed by atoms with Crippen LogP contribution in [0.4, 0.5) is 0 Å². The predicted molar refractivity (Wildman–Crippen MR) is 278 cm³/mol. The molecule has 0 spiro atoms. The number of nitrogens with one attached hydrogen (secondary N) is 3. The Morgan fingerprint density at radius 2 is 0.723 bits per heavy atom. The zero-order valence-corrected chi connectivity index (χ0v) is 40.5. The van der Waals surface area contributed by atoms with Gasteiger partial charge in [-0.3, -0.25) is 14.4 Å². The molecular weight excluding hydrogens is 807 g/mol. The highest BCUT2D eigenvalue weighted by Gasteiger charge is 2.20. The largest absolute Gasteiger partial charge is 0.396 e. The predicted octanol–water partition coefficient (Wildman–Crippen LogP) is 12.6. The Kier molecular flexibility index (Phi) is 46.5. The second-order valence-corrected chi connectivity index (χ2v) is 15.9. The molecule has 0 saturated carbocycles. The minimum absolute atomic E-state index is 0.00570. The van der Waals surface area contributed by atoms with Crippen molar-refractivity contribution in [1.29, 1.82) is 0 Å². The maximum Gasteiger partial charge on any atom is 0.242 e. The first kappa shape index (κ1) is 60.2. The van der Waals surface area contributed by atoms with Gasteiger partial charge in [-0.1, -0.05) is 166 Å². The van der Waals surface area contributed by atoms with E-state index >= 15 is 0 Å². The van der Waals surface area contributed by atoms with Crippen LogP contribution < -0.4 is 16.0 Å². The summed E-state index contributed by atoms with van der Waals surface area (Å²) >= 11 is 0. The highest BCUT2D eigenvalue weighted by molar-refractivity contribution is 5.87. The molecule has 0 saturated heterocycles. The average molecular weight is 896 g/mol. The Morgan fingerprint density at radius 1 is 0.400 bits per heavy atom. The summed E-state index contributed by atoms with van der Waals surface area (Å²) < 4.78 is 0. The molecule has 362 valence electrons. The van der Waals surface area contributed by atoms with Crippen molar-refractivity contribution in [2.75, 3.05) is 26.3 Å². The van der Waals surface area contributed by atoms with E-state index < -0.39 is 6.04 Å². The number of aliphatic hydroxyl groups excluding tert-OH is 2. The van der Waals surface area contributed by atoms with E-state index in [-0.39, 0.29) is 36.9 Å². The number of amides is 3. The lowest BCUT2D eigenvalue weighted by molar-refractivity contribution is -0.129. The standard InChI is InChI=1S/C57H89N3O5/c1-3-5-7-9-11-13-15-17-19-21-23-25-27-29-31-33-35-37-39-47-55(63)58-49-44-42-46-54(57(65)59-50-43-41-45-53(51-61)52-62)60-56(64)48-40-38-36-34-32-30-28-26-24-22-20-18-16-14-12-10-8-6-4-2/h5-8,11-14,17-20,23-26,29-32,35-38,53-54,61-62H,3-4,9-10,15-16,21-22,27-28,33-34,39-52H2,1-2H3,(H,58,63)(H,59,65)(H,60,64)/b7-5-,8-6-,13-11-,14-12-,19-17-,20-18-,25-23-,26-24-,31-29-,32-30-,37-35-,38-36-/t54-/m0/s1. The van der Waals surface area contributed by atoms with Crippen LogP contribution in [0.25, 0.3) is 0 Å². The maximum atomic E-state index is 13.1. The number of rotatable bonds is 42. The van der Waals surface area contributed by atoms with Gasteiger partial charge in [0.1, 0.15) is 6.04 Å². The lowest BCUT2D eigenvalue weighted by Gasteiger charge is -2.19. The molecule has 0 fully saturated rings. The monoisotopic (exact) mass is 896 g/mol. The molecule has 0 aliphatic carbocycles. The molecule has 0 unspecified atom stereocenters. The molecule has 0 aromatic heterocycles. The molecule has 3 amide bonds. The Balaban J connectivity index is 4.48. The Morgan fingerprint density at radius 3 is 1.09 bits per heavy atom. The van der Waals surface area contributed by atoms with Crippen LogP contribution in [0, 0.1) is 5.92 Å². The van der Waals surface area contributed by atoms with E-state index in [4.69, 9.17) is 0 Å². The second-order valence-electron chi connectivity index (χ2n) is 15.9. The summed E-state index contributed by atoms with van der Waals surface area (Å²) in [5, 5.41) is 27.5. The van der Waals surface area contributed by atoms with Gasteiger partial charge in [-0.05, 0) is 122 Å². The van der Waals surface area contributed by atoms with E-state index in [1.807, 2.05) is 12.2 Å². The molecule has 5 N–H and O–H groups in total. The van der Waals surface area contributed by atoms with Crippen molar-refractivity contribution in [1.82, 2.24) is 16.0 Å². The third-order valence-electron chi connectivity index (χ3n) is 10.0. The quantitative estimate of drug-likeness (QED) is 0.0308. The number of allylic oxidation sites excluding steroid dienone is 24. The molecule has 1 atom stereocenters. The fraction of sp³-hybridized carbons (Fsp3) is 0.526. The van der Waals surface area contributed by atoms with Crippen molar-refractivity contribution in [3.8, 4) is 0 Å². The number of hydrogen-bond acceptors (Lipinski definition) is 5. The number of unbranched alkanes of at least 4 members (excludes halogenated alkanes) is 2. The summed E-state index contributed by atoms with van der Waals surface area (Å²) in [4.78, 5) is 38.4. The molecule has 0 aromatic rings. The van der Waals surface area contributed by atoms with Crippen molar-refractivity contribution < 1.29 is 24.6 Å². The van der Waals surface area contributed by atoms with Crippen molar-refractivity contribution in [2.24, 2.45) is 5.92 Å². The summed E-state index contributed by atoms with van der Waals surface area (Å²) in [6, 6.07) is -0.654. The lowest BCUT2D eigenvalue weighted by atomic mass is 10.0. The topological polar surface area (TPSA) is 128 Å². The van der Waals surface area contributed by atoms with Gasteiger partial charge in [-0.25, -0.2) is 0 Å². The van der Waals surface area contributed by atoms with E-state index in [0.29, 0.717) is 64.5 Å². The SMILES string of the molecule is CC/C=C\C/C=C\C/C=C\C/C=C\C/C=C\C/C=C\CCC(=O)NCCCC[C@H](NC(=O)CC/C=C\C/C=C\C/C=C\C/C=C\C/C=C\C/C=C\CC)C(=O)NCCCCC(CO)CO. The van der Waals surface area contributed by atoms with Gasteiger partial charge in [0.15, 0.2) is 0 Å². The first-order chi connectivity index (χ1) is 32.0. The van der Waals surface area contributed by atoms with Crippen molar-refractivity contribution >= 4 is 17.7 Å². The van der Waals surface area contributed by atoms with Crippen LogP contribution in [0.15, 0.2) is 146 Å². The van der Waals surface area contributed by atoms with Crippen LogP contribution in [0.2, 0.25) is 0 Å². The summed E-state index contributed by atoms with van der Waals surface area (Å²) in [7, 11) is 0. The van der Waals surface area contributed by atoms with Crippen LogP contribution in [-0.4, -0.2) is 60.3 Å². The van der Waals surface area contributed by atoms with Gasteiger partial charge in [0.2, 0.25) is 17.7 Å². The Labute approximate surface area is 396 Å². The van der Waals surface area contributed by atoms with Crippen LogP contribution in [0.3, 0.4) is 0 Å². The van der Waals surface area contributed by atoms with Crippen LogP contribution >= 0.6 is 0 Å². The van der Waals surface area contributed by atoms with Gasteiger partial charge in [-0.2, -0.15) is 0 Å². The van der Waals surface area contributed by atoms with Gasteiger partial charge in [-0.15, -0.1) is 0 Å². The minimum Gasteiger partial charge on any atom is -0.396 e. The highest BCUT2D eigenvalue weighted by Crippen LogP contribution is 2.08. The van der Waals surface area contributed by atoms with Gasteiger partial charge >= 0.3 is 0 Å². The molecule has 0 heterocycles. The molecule has 0 aromatic carbocycles. The van der Waals surface area contributed by atoms with Crippen LogP contribution in [0.5, 0.6) is 0 Å². The van der Waals surface area contributed by atoms with Gasteiger partial charge in [0.05, 0.1) is 0 Å². The first-order valence-corrected chi connectivity index (χ1v) is 24.8. The normalized spacial score (nSPS) is 13.4. The molecular formula is C57H89N3O5. The molecule has 0 aliphatic rings. The van der Waals surface area contributed by atoms with E-state index in [2.05, 4.69) is 163 Å². The molecule has 0 rings (SSSR count). The third-order valence-corrected chi connectivity index (χ3v) is 10.0. The minimum atomic E-state index is -0.654. The van der Waals surface area contributed by atoms with Crippen molar-refractivity contribution in [3.63, 3.8) is 0 Å². The van der Waals surface area contributed by atoms with E-state index in [1.54, 1.807) is 0 Å². The number of aliphatic hydroxyl groups is 2.